The Labute approximate surface area is 131 Å². The molecule has 0 aromatic heterocycles. The smallest absolute Gasteiger partial charge is 0.224 e. The second-order valence-electron chi connectivity index (χ2n) is 6.19. The predicted molar refractivity (Wildman–Crippen MR) is 85.4 cm³/mol. The van der Waals surface area contributed by atoms with Gasteiger partial charge < -0.3 is 20.1 Å². The summed E-state index contributed by atoms with van der Waals surface area (Å²) in [5, 5.41) is 6.38. The number of hydrogen-bond acceptors (Lipinski definition) is 4. The lowest BCUT2D eigenvalue weighted by Gasteiger charge is -2.28. The molecule has 1 saturated heterocycles. The van der Waals surface area contributed by atoms with Gasteiger partial charge in [0.1, 0.15) is 13.2 Å². The van der Waals surface area contributed by atoms with Gasteiger partial charge in [-0.15, -0.1) is 0 Å². The van der Waals surface area contributed by atoms with Crippen LogP contribution in [0, 0.1) is 11.8 Å². The molecule has 2 N–H and O–H groups in total. The number of benzene rings is 1. The fourth-order valence-electron chi connectivity index (χ4n) is 3.16. The van der Waals surface area contributed by atoms with E-state index >= 15 is 0 Å². The van der Waals surface area contributed by atoms with Gasteiger partial charge in [0.15, 0.2) is 11.5 Å². The molecule has 0 radical (unpaired) electrons. The molecule has 2 aliphatic rings. The largest absolute Gasteiger partial charge is 0.486 e. The minimum Gasteiger partial charge on any atom is -0.486 e. The fraction of sp³-hybridized carbons (Fsp3) is 0.588. The Morgan fingerprint density at radius 1 is 1.36 bits per heavy atom. The normalized spacial score (nSPS) is 22.0. The van der Waals surface area contributed by atoms with Crippen molar-refractivity contribution in [2.24, 2.45) is 11.8 Å². The van der Waals surface area contributed by atoms with Gasteiger partial charge in [-0.3, -0.25) is 4.79 Å². The average molecular weight is 304 g/mol. The van der Waals surface area contributed by atoms with Crippen molar-refractivity contribution in [3.63, 3.8) is 0 Å². The molecule has 120 valence electrons. The molecule has 2 heterocycles. The highest BCUT2D eigenvalue weighted by Gasteiger charge is 2.22. The topological polar surface area (TPSA) is 59.6 Å². The Kier molecular flexibility index (Phi) is 4.83. The summed E-state index contributed by atoms with van der Waals surface area (Å²) in [7, 11) is 0. The van der Waals surface area contributed by atoms with Crippen molar-refractivity contribution in [3.05, 3.63) is 18.2 Å². The molecule has 3 rings (SSSR count). The van der Waals surface area contributed by atoms with Gasteiger partial charge in [0.25, 0.3) is 0 Å². The first-order valence-corrected chi connectivity index (χ1v) is 8.12. The lowest BCUT2D eigenvalue weighted by Crippen LogP contribution is -2.34. The average Bonchev–Trinajstić information content (AvgIpc) is 2.55. The van der Waals surface area contributed by atoms with Gasteiger partial charge in [0.2, 0.25) is 5.91 Å². The Balaban J connectivity index is 1.54. The summed E-state index contributed by atoms with van der Waals surface area (Å²) in [4.78, 5) is 12.2. The second kappa shape index (κ2) is 7.01. The summed E-state index contributed by atoms with van der Waals surface area (Å²) in [5.41, 5.74) is 0.767. The molecule has 2 aliphatic heterocycles. The number of carbonyl (C=O) groups excluding carboxylic acids is 1. The van der Waals surface area contributed by atoms with E-state index in [9.17, 15) is 4.79 Å². The van der Waals surface area contributed by atoms with Gasteiger partial charge in [0, 0.05) is 18.2 Å². The van der Waals surface area contributed by atoms with Crippen molar-refractivity contribution in [2.75, 3.05) is 31.6 Å². The first kappa shape index (κ1) is 15.2. The van der Waals surface area contributed by atoms with Gasteiger partial charge in [-0.1, -0.05) is 6.92 Å². The van der Waals surface area contributed by atoms with E-state index in [0.717, 1.165) is 24.5 Å². The minimum atomic E-state index is 0.0646. The van der Waals surface area contributed by atoms with Crippen LogP contribution in [0.15, 0.2) is 18.2 Å². The van der Waals surface area contributed by atoms with E-state index in [1.54, 1.807) is 0 Å². The molecule has 22 heavy (non-hydrogen) atoms. The number of piperidine rings is 1. The summed E-state index contributed by atoms with van der Waals surface area (Å²) >= 11 is 0. The molecule has 5 heteroatoms. The van der Waals surface area contributed by atoms with Crippen LogP contribution in [0.25, 0.3) is 0 Å². The summed E-state index contributed by atoms with van der Waals surface area (Å²) in [5.74, 6) is 2.50. The molecule has 1 aromatic carbocycles. The number of nitrogens with one attached hydrogen (secondary N) is 2. The number of fused-ring (bicyclic) bond motifs is 1. The van der Waals surface area contributed by atoms with Crippen LogP contribution in [0.4, 0.5) is 5.69 Å². The Morgan fingerprint density at radius 2 is 2.18 bits per heavy atom. The zero-order valence-electron chi connectivity index (χ0n) is 13.1. The molecule has 1 amide bonds. The predicted octanol–water partition coefficient (Wildman–Crippen LogP) is 2.42. The van der Waals surface area contributed by atoms with Crippen molar-refractivity contribution in [3.8, 4) is 11.5 Å². The summed E-state index contributed by atoms with van der Waals surface area (Å²) in [6.45, 7) is 5.42. The van der Waals surface area contributed by atoms with E-state index in [-0.39, 0.29) is 5.91 Å². The third-order valence-corrected chi connectivity index (χ3v) is 4.47. The maximum absolute atomic E-state index is 12.2. The summed E-state index contributed by atoms with van der Waals surface area (Å²) in [6, 6.07) is 5.54. The van der Waals surface area contributed by atoms with Gasteiger partial charge >= 0.3 is 0 Å². The van der Waals surface area contributed by atoms with Crippen LogP contribution in [0.5, 0.6) is 11.5 Å². The standard InChI is InChI=1S/C17H24N2O3/c1-12(13-3-2-6-18-11-13)9-17(20)19-14-4-5-15-16(10-14)22-8-7-21-15/h4-5,10,12-13,18H,2-3,6-9,11H2,1H3,(H,19,20). The molecule has 0 saturated carbocycles. The monoisotopic (exact) mass is 304 g/mol. The van der Waals surface area contributed by atoms with Crippen LogP contribution < -0.4 is 20.1 Å². The van der Waals surface area contributed by atoms with E-state index in [1.807, 2.05) is 18.2 Å². The molecule has 2 unspecified atom stereocenters. The number of anilines is 1. The second-order valence-corrected chi connectivity index (χ2v) is 6.19. The van der Waals surface area contributed by atoms with Gasteiger partial charge in [-0.25, -0.2) is 0 Å². The van der Waals surface area contributed by atoms with Crippen LogP contribution in [0.3, 0.4) is 0 Å². The van der Waals surface area contributed by atoms with Gasteiger partial charge in [0.05, 0.1) is 0 Å². The van der Waals surface area contributed by atoms with E-state index in [1.165, 1.54) is 12.8 Å². The van der Waals surface area contributed by atoms with Crippen LogP contribution in [0.1, 0.15) is 26.2 Å². The van der Waals surface area contributed by atoms with Crippen LogP contribution in [-0.2, 0) is 4.79 Å². The summed E-state index contributed by atoms with van der Waals surface area (Å²) < 4.78 is 11.0. The highest BCUT2D eigenvalue weighted by molar-refractivity contribution is 5.91. The molecule has 1 fully saturated rings. The Hall–Kier alpha value is -1.75. The Bertz CT molecular complexity index is 527. The molecule has 0 bridgehead atoms. The van der Waals surface area contributed by atoms with Crippen molar-refractivity contribution in [1.82, 2.24) is 5.32 Å². The number of carbonyl (C=O) groups is 1. The number of rotatable bonds is 4. The molecule has 2 atom stereocenters. The van der Waals surface area contributed by atoms with E-state index in [0.29, 0.717) is 37.2 Å². The highest BCUT2D eigenvalue weighted by atomic mass is 16.6. The lowest BCUT2D eigenvalue weighted by atomic mass is 9.85. The van der Waals surface area contributed by atoms with Crippen molar-refractivity contribution >= 4 is 11.6 Å². The van der Waals surface area contributed by atoms with Crippen molar-refractivity contribution in [1.29, 1.82) is 0 Å². The third kappa shape index (κ3) is 3.71. The van der Waals surface area contributed by atoms with Crippen LogP contribution in [-0.4, -0.2) is 32.2 Å². The molecule has 1 aromatic rings. The quantitative estimate of drug-likeness (QED) is 0.897. The highest BCUT2D eigenvalue weighted by Crippen LogP contribution is 2.32. The third-order valence-electron chi connectivity index (χ3n) is 4.47. The Morgan fingerprint density at radius 3 is 2.95 bits per heavy atom. The van der Waals surface area contributed by atoms with Crippen molar-refractivity contribution < 1.29 is 14.3 Å². The first-order valence-electron chi connectivity index (χ1n) is 8.12. The number of ether oxygens (including phenoxy) is 2. The zero-order chi connectivity index (χ0) is 15.4. The van der Waals surface area contributed by atoms with Crippen molar-refractivity contribution in [2.45, 2.75) is 26.2 Å². The van der Waals surface area contributed by atoms with E-state index < -0.39 is 0 Å². The van der Waals surface area contributed by atoms with Crippen LogP contribution in [0.2, 0.25) is 0 Å². The molecule has 5 nitrogen and oxygen atoms in total. The fourth-order valence-corrected chi connectivity index (χ4v) is 3.16. The molecule has 0 aliphatic carbocycles. The van der Waals surface area contributed by atoms with Crippen LogP contribution >= 0.6 is 0 Å². The van der Waals surface area contributed by atoms with E-state index in [4.69, 9.17) is 9.47 Å². The lowest BCUT2D eigenvalue weighted by molar-refractivity contribution is -0.117. The van der Waals surface area contributed by atoms with Gasteiger partial charge in [-0.2, -0.15) is 0 Å². The molecular weight excluding hydrogens is 280 g/mol. The first-order chi connectivity index (χ1) is 10.7. The van der Waals surface area contributed by atoms with Gasteiger partial charge in [-0.05, 0) is 49.9 Å². The molecule has 0 spiro atoms. The SMILES string of the molecule is CC(CC(=O)Nc1ccc2c(c1)OCCO2)C1CCCNC1. The maximum atomic E-state index is 12.2. The maximum Gasteiger partial charge on any atom is 0.224 e. The summed E-state index contributed by atoms with van der Waals surface area (Å²) in [6.07, 6.45) is 2.98. The number of hydrogen-bond donors (Lipinski definition) is 2. The minimum absolute atomic E-state index is 0.0646. The van der Waals surface area contributed by atoms with E-state index in [2.05, 4.69) is 17.6 Å². The zero-order valence-corrected chi connectivity index (χ0v) is 13.1. The molecular formula is C17H24N2O3. The number of amides is 1.